The third kappa shape index (κ3) is 5.17. The summed E-state index contributed by atoms with van der Waals surface area (Å²) in [5.41, 5.74) is 2.48. The van der Waals surface area contributed by atoms with Crippen LogP contribution >= 0.6 is 11.3 Å². The third-order valence-corrected chi connectivity index (χ3v) is 8.42. The summed E-state index contributed by atoms with van der Waals surface area (Å²) in [6, 6.07) is 12.2. The van der Waals surface area contributed by atoms with E-state index in [9.17, 15) is 27.6 Å². The van der Waals surface area contributed by atoms with Crippen molar-refractivity contribution >= 4 is 29.1 Å². The Morgan fingerprint density at radius 2 is 1.73 bits per heavy atom. The van der Waals surface area contributed by atoms with Crippen LogP contribution in [0.3, 0.4) is 0 Å². The molecule has 1 fully saturated rings. The van der Waals surface area contributed by atoms with E-state index in [1.807, 2.05) is 18.6 Å². The minimum absolute atomic E-state index is 0.0438. The van der Waals surface area contributed by atoms with Crippen molar-refractivity contribution in [2.24, 2.45) is 7.05 Å². The first-order valence-corrected chi connectivity index (χ1v) is 14.0. The van der Waals surface area contributed by atoms with Gasteiger partial charge in [0.15, 0.2) is 0 Å². The molecule has 1 saturated carbocycles. The van der Waals surface area contributed by atoms with Crippen LogP contribution < -0.4 is 5.32 Å². The first-order chi connectivity index (χ1) is 19.6. The number of carbonyl (C=O) groups excluding carboxylic acids is 3. The Morgan fingerprint density at radius 1 is 1.07 bits per heavy atom. The van der Waals surface area contributed by atoms with E-state index in [0.717, 1.165) is 40.6 Å². The van der Waals surface area contributed by atoms with E-state index in [2.05, 4.69) is 10.4 Å². The maximum Gasteiger partial charge on any atom is 0.416 e. The average Bonchev–Trinajstić information content (AvgIpc) is 3.46. The Kier molecular flexibility index (Phi) is 6.77. The lowest BCUT2D eigenvalue weighted by Gasteiger charge is -2.25. The fourth-order valence-electron chi connectivity index (χ4n) is 5.36. The van der Waals surface area contributed by atoms with Crippen LogP contribution in [0.5, 0.6) is 0 Å². The molecule has 11 heteroatoms. The van der Waals surface area contributed by atoms with Crippen molar-refractivity contribution in [2.75, 3.05) is 6.54 Å². The average molecular weight is 579 g/mol. The number of hydrogen-bond donors (Lipinski definition) is 1. The highest BCUT2D eigenvalue weighted by atomic mass is 32.1. The fraction of sp³-hybridized carbons (Fsp3) is 0.267. The molecule has 0 radical (unpaired) electrons. The molecule has 1 aliphatic heterocycles. The van der Waals surface area contributed by atoms with Crippen LogP contribution in [0.4, 0.5) is 13.2 Å². The van der Waals surface area contributed by atoms with E-state index in [1.165, 1.54) is 41.7 Å². The van der Waals surface area contributed by atoms with Gasteiger partial charge in [0.1, 0.15) is 0 Å². The third-order valence-electron chi connectivity index (χ3n) is 7.49. The number of benzene rings is 2. The van der Waals surface area contributed by atoms with Crippen LogP contribution in [-0.4, -0.2) is 45.0 Å². The first kappa shape index (κ1) is 26.9. The molecule has 2 aliphatic rings. The first-order valence-electron chi connectivity index (χ1n) is 13.1. The second kappa shape index (κ2) is 10.3. The van der Waals surface area contributed by atoms with E-state index in [0.29, 0.717) is 10.8 Å². The lowest BCUT2D eigenvalue weighted by molar-refractivity contribution is -0.138. The van der Waals surface area contributed by atoms with E-state index in [1.54, 1.807) is 22.9 Å². The number of imide groups is 1. The van der Waals surface area contributed by atoms with Crippen LogP contribution in [0.2, 0.25) is 0 Å². The van der Waals surface area contributed by atoms with Gasteiger partial charge < -0.3 is 5.32 Å². The molecule has 1 unspecified atom stereocenters. The zero-order valence-electron chi connectivity index (χ0n) is 21.9. The summed E-state index contributed by atoms with van der Waals surface area (Å²) >= 11 is 1.21. The van der Waals surface area contributed by atoms with Gasteiger partial charge in [-0.05, 0) is 55.0 Å². The zero-order chi connectivity index (χ0) is 28.9. The van der Waals surface area contributed by atoms with Crippen molar-refractivity contribution < 1.29 is 27.6 Å². The van der Waals surface area contributed by atoms with Crippen molar-refractivity contribution in [3.05, 3.63) is 98.9 Å². The Labute approximate surface area is 237 Å². The number of thiophene rings is 1. The number of aromatic nitrogens is 2. The second-order valence-electron chi connectivity index (χ2n) is 10.3. The standard InChI is InChI=1S/C30H25F3N4O3S/c1-36-26(23(14-34-36)17-10-11-17)19-13-25(41-16-19)27(38)35-20(12-18-6-2-5-9-24(18)30(31,32)33)15-37-28(39)21-7-3-4-8-22(21)29(37)40/h2-9,13-14,16-17,20H,10-12,15H2,1H3,(H,35,38). The molecule has 0 saturated heterocycles. The van der Waals surface area contributed by atoms with Gasteiger partial charge in [-0.2, -0.15) is 18.3 Å². The quantitative estimate of drug-likeness (QED) is 0.273. The molecule has 6 rings (SSSR count). The Balaban J connectivity index is 1.28. The molecular weight excluding hydrogens is 553 g/mol. The van der Waals surface area contributed by atoms with Gasteiger partial charge >= 0.3 is 6.18 Å². The molecule has 0 spiro atoms. The molecule has 1 atom stereocenters. The molecule has 7 nitrogen and oxygen atoms in total. The summed E-state index contributed by atoms with van der Waals surface area (Å²) in [6.07, 6.45) is -0.808. The molecule has 3 heterocycles. The van der Waals surface area contributed by atoms with E-state index >= 15 is 0 Å². The molecule has 3 amide bonds. The monoisotopic (exact) mass is 578 g/mol. The van der Waals surface area contributed by atoms with Crippen molar-refractivity contribution in [1.29, 1.82) is 0 Å². The molecule has 210 valence electrons. The molecule has 41 heavy (non-hydrogen) atoms. The normalized spacial score (nSPS) is 15.8. The molecule has 2 aromatic heterocycles. The summed E-state index contributed by atoms with van der Waals surface area (Å²) < 4.78 is 43.1. The van der Waals surface area contributed by atoms with Crippen molar-refractivity contribution in [2.45, 2.75) is 37.4 Å². The maximum absolute atomic E-state index is 13.8. The van der Waals surface area contributed by atoms with Gasteiger partial charge in [-0.1, -0.05) is 30.3 Å². The largest absolute Gasteiger partial charge is 0.416 e. The van der Waals surface area contributed by atoms with Gasteiger partial charge in [0.25, 0.3) is 17.7 Å². The summed E-state index contributed by atoms with van der Waals surface area (Å²) in [7, 11) is 1.84. The number of aryl methyl sites for hydroxylation is 1. The number of hydrogen-bond acceptors (Lipinski definition) is 5. The number of nitrogens with one attached hydrogen (secondary N) is 1. The van der Waals surface area contributed by atoms with Crippen LogP contribution in [0.15, 0.2) is 66.2 Å². The number of nitrogens with zero attached hydrogens (tertiary/aromatic N) is 3. The predicted octanol–water partition coefficient (Wildman–Crippen LogP) is 5.68. The van der Waals surface area contributed by atoms with Gasteiger partial charge in [-0.15, -0.1) is 11.3 Å². The Hall–Kier alpha value is -4.25. The number of carbonyl (C=O) groups is 3. The van der Waals surface area contributed by atoms with E-state index in [-0.39, 0.29) is 29.7 Å². The van der Waals surface area contributed by atoms with Crippen molar-refractivity contribution in [3.8, 4) is 11.3 Å². The summed E-state index contributed by atoms with van der Waals surface area (Å²) in [5.74, 6) is -1.14. The number of halogens is 3. The number of rotatable bonds is 8. The minimum Gasteiger partial charge on any atom is -0.346 e. The lowest BCUT2D eigenvalue weighted by Crippen LogP contribution is -2.47. The highest BCUT2D eigenvalue weighted by molar-refractivity contribution is 7.12. The second-order valence-corrected chi connectivity index (χ2v) is 11.3. The van der Waals surface area contributed by atoms with E-state index < -0.39 is 35.5 Å². The van der Waals surface area contributed by atoms with Gasteiger partial charge in [0.2, 0.25) is 0 Å². The van der Waals surface area contributed by atoms with E-state index in [4.69, 9.17) is 0 Å². The SMILES string of the molecule is Cn1ncc(C2CC2)c1-c1csc(C(=O)NC(Cc2ccccc2C(F)(F)F)CN2C(=O)c3ccccc3C2=O)c1. The molecule has 1 aliphatic carbocycles. The number of alkyl halides is 3. The lowest BCUT2D eigenvalue weighted by atomic mass is 9.99. The predicted molar refractivity (Wildman–Crippen MR) is 147 cm³/mol. The van der Waals surface area contributed by atoms with Crippen molar-refractivity contribution in [3.63, 3.8) is 0 Å². The number of fused-ring (bicyclic) bond motifs is 1. The Morgan fingerprint density at radius 3 is 2.39 bits per heavy atom. The summed E-state index contributed by atoms with van der Waals surface area (Å²) in [5, 5.41) is 9.05. The smallest absolute Gasteiger partial charge is 0.346 e. The highest BCUT2D eigenvalue weighted by Crippen LogP contribution is 2.44. The van der Waals surface area contributed by atoms with Gasteiger partial charge in [0, 0.05) is 30.1 Å². The van der Waals surface area contributed by atoms with Crippen LogP contribution in [0.1, 0.15) is 65.8 Å². The molecule has 4 aromatic rings. The molecule has 2 aromatic carbocycles. The Bertz CT molecular complexity index is 1640. The van der Waals surface area contributed by atoms with Gasteiger partial charge in [0.05, 0.1) is 39.5 Å². The van der Waals surface area contributed by atoms with Crippen LogP contribution in [0.25, 0.3) is 11.3 Å². The molecule has 0 bridgehead atoms. The number of amides is 3. The van der Waals surface area contributed by atoms with Gasteiger partial charge in [-0.3, -0.25) is 24.0 Å². The molecular formula is C30H25F3N4O3S. The summed E-state index contributed by atoms with van der Waals surface area (Å²) in [6.45, 7) is -0.282. The van der Waals surface area contributed by atoms with Crippen LogP contribution in [-0.2, 0) is 19.6 Å². The van der Waals surface area contributed by atoms with Crippen LogP contribution in [0, 0.1) is 0 Å². The molecule has 1 N–H and O–H groups in total. The highest BCUT2D eigenvalue weighted by Gasteiger charge is 2.38. The van der Waals surface area contributed by atoms with Gasteiger partial charge in [-0.25, -0.2) is 0 Å². The fourth-order valence-corrected chi connectivity index (χ4v) is 6.16. The maximum atomic E-state index is 13.8. The minimum atomic E-state index is -4.61. The van der Waals surface area contributed by atoms with Crippen molar-refractivity contribution in [1.82, 2.24) is 20.0 Å². The zero-order valence-corrected chi connectivity index (χ0v) is 22.8. The summed E-state index contributed by atoms with van der Waals surface area (Å²) in [4.78, 5) is 40.9. The topological polar surface area (TPSA) is 84.3 Å².